The Morgan fingerprint density at radius 2 is 1.88 bits per heavy atom. The molecule has 24 heavy (non-hydrogen) atoms. The molecule has 1 aliphatic rings. The summed E-state index contributed by atoms with van der Waals surface area (Å²) in [5, 5.41) is 0.372. The molecule has 8 heteroatoms. The Bertz CT molecular complexity index is 629. The van der Waals surface area contributed by atoms with E-state index < -0.39 is 0 Å². The molecule has 0 spiro atoms. The number of likely N-dealkylation sites (N-methyl/N-ethyl adjacent to an activating group) is 1. The molecule has 0 bridgehead atoms. The molecule has 0 aromatic heterocycles. The smallest absolute Gasteiger partial charge is 1.00 e. The number of allylic oxidation sites excluding steroid dienone is 2. The fourth-order valence-corrected chi connectivity index (χ4v) is 2.52. The molecule has 0 saturated carbocycles. The zero-order chi connectivity index (χ0) is 15.2. The summed E-state index contributed by atoms with van der Waals surface area (Å²) in [5.74, 6) is 0.566. The summed E-state index contributed by atoms with van der Waals surface area (Å²) in [6, 6.07) is 10.2. The van der Waals surface area contributed by atoms with E-state index in [0.29, 0.717) is 29.5 Å². The normalized spacial score (nSPS) is 12.8. The average Bonchev–Trinajstić information content (AvgIpc) is 2.50. The quantitative estimate of drug-likeness (QED) is 0.291. The van der Waals surface area contributed by atoms with Gasteiger partial charge in [-0.05, 0) is 18.6 Å². The van der Waals surface area contributed by atoms with Crippen LogP contribution >= 0.6 is 11.6 Å². The number of rotatable bonds is 5. The molecule has 0 heterocycles. The van der Waals surface area contributed by atoms with Crippen molar-refractivity contribution in [1.82, 2.24) is 4.90 Å². The maximum atomic E-state index is 8.98. The summed E-state index contributed by atoms with van der Waals surface area (Å²) in [6.45, 7) is 3.15. The van der Waals surface area contributed by atoms with E-state index in [1.807, 2.05) is 38.2 Å². The number of halogens is 3. The van der Waals surface area contributed by atoms with Gasteiger partial charge in [-0.1, -0.05) is 41.9 Å². The van der Waals surface area contributed by atoms with Crippen LogP contribution in [0.25, 0.3) is 5.53 Å². The van der Waals surface area contributed by atoms with Crippen LogP contribution < -0.4 is 24.8 Å². The minimum absolute atomic E-state index is 0. The van der Waals surface area contributed by atoms with Gasteiger partial charge < -0.3 is 40.0 Å². The summed E-state index contributed by atoms with van der Waals surface area (Å²) in [6.07, 6.45) is 2.45. The predicted molar refractivity (Wildman–Crippen MR) is 83.7 cm³/mol. The molecule has 0 saturated heterocycles. The number of ether oxygens (including phenoxy) is 1. The summed E-state index contributed by atoms with van der Waals surface area (Å²) >= 11 is 6.27. The zero-order valence-electron chi connectivity index (χ0n) is 13.7. The Hall–Kier alpha value is -0.827. The van der Waals surface area contributed by atoms with Crippen LogP contribution in [-0.2, 0) is 30.8 Å². The monoisotopic (exact) mass is 437 g/mol. The van der Waals surface area contributed by atoms with Crippen molar-refractivity contribution in [1.29, 1.82) is 0 Å². The van der Waals surface area contributed by atoms with Gasteiger partial charge in [-0.25, -0.2) is 0 Å². The maximum Gasteiger partial charge on any atom is 2.00 e. The molecule has 0 atom stereocenters. The van der Waals surface area contributed by atoms with Crippen LogP contribution in [0.4, 0.5) is 0 Å². The van der Waals surface area contributed by atoms with Gasteiger partial charge in [0, 0.05) is 13.6 Å². The van der Waals surface area contributed by atoms with Crippen molar-refractivity contribution in [2.45, 2.75) is 19.9 Å². The fourth-order valence-electron chi connectivity index (χ4n) is 2.26. The Balaban J connectivity index is 0. The zero-order valence-corrected chi connectivity index (χ0v) is 18.9. The molecule has 1 aliphatic carbocycles. The summed E-state index contributed by atoms with van der Waals surface area (Å²) in [7, 11) is 1.99. The molecular formula is C16H18Cl3N3OZn. The average molecular weight is 440 g/mol. The van der Waals surface area contributed by atoms with E-state index in [0.717, 1.165) is 12.2 Å². The summed E-state index contributed by atoms with van der Waals surface area (Å²) < 4.78 is 5.64. The minimum Gasteiger partial charge on any atom is -1.00 e. The van der Waals surface area contributed by atoms with Gasteiger partial charge in [-0.15, -0.1) is 0 Å². The standard InChI is InChI=1S/C16H18ClN3O.2ClH.Zn/c1-3-21-16-14(10-9-13(19-18)15(16)17)20(2)11-12-7-5-4-6-8-12;;;/h4-8,10H,3,9,11H2,1-2H3;2*1H;/q;;;+2/p-2. The third-order valence-corrected chi connectivity index (χ3v) is 3.65. The van der Waals surface area contributed by atoms with E-state index in [1.165, 1.54) is 5.56 Å². The third-order valence-electron chi connectivity index (χ3n) is 3.26. The van der Waals surface area contributed by atoms with E-state index >= 15 is 0 Å². The van der Waals surface area contributed by atoms with Gasteiger partial charge in [-0.2, -0.15) is 4.79 Å². The van der Waals surface area contributed by atoms with Gasteiger partial charge >= 0.3 is 25.2 Å². The maximum absolute atomic E-state index is 8.98. The Kier molecular flexibility index (Phi) is 13.3. The second-order valence-electron chi connectivity index (χ2n) is 4.76. The molecule has 0 fully saturated rings. The fraction of sp³-hybridized carbons (Fsp3) is 0.312. The van der Waals surface area contributed by atoms with Crippen molar-refractivity contribution in [2.75, 3.05) is 13.7 Å². The first-order valence-corrected chi connectivity index (χ1v) is 7.24. The van der Waals surface area contributed by atoms with Crippen molar-refractivity contribution in [3.8, 4) is 0 Å². The molecule has 0 aliphatic heterocycles. The van der Waals surface area contributed by atoms with Gasteiger partial charge in [0.25, 0.3) is 0 Å². The van der Waals surface area contributed by atoms with Gasteiger partial charge in [-0.3, -0.25) is 0 Å². The van der Waals surface area contributed by atoms with Crippen molar-refractivity contribution >= 4 is 17.3 Å². The third kappa shape index (κ3) is 6.24. The largest absolute Gasteiger partial charge is 2.00 e. The van der Waals surface area contributed by atoms with Crippen LogP contribution in [-0.4, -0.2) is 29.1 Å². The molecule has 126 valence electrons. The van der Waals surface area contributed by atoms with Gasteiger partial charge in [0.05, 0.1) is 18.7 Å². The first-order chi connectivity index (χ1) is 10.2. The molecule has 0 N–H and O–H groups in total. The number of hydrogen-bond acceptors (Lipinski definition) is 2. The molecule has 0 radical (unpaired) electrons. The predicted octanol–water partition coefficient (Wildman–Crippen LogP) is -2.43. The number of nitrogens with zero attached hydrogens (tertiary/aromatic N) is 3. The van der Waals surface area contributed by atoms with E-state index in [-0.39, 0.29) is 44.3 Å². The van der Waals surface area contributed by atoms with Crippen molar-refractivity contribution in [2.24, 2.45) is 0 Å². The molecule has 0 unspecified atom stereocenters. The second-order valence-corrected chi connectivity index (χ2v) is 5.14. The van der Waals surface area contributed by atoms with Crippen LogP contribution in [0.5, 0.6) is 0 Å². The molecule has 1 aromatic carbocycles. The van der Waals surface area contributed by atoms with Gasteiger partial charge in [0.1, 0.15) is 0 Å². The molecular weight excluding hydrogens is 422 g/mol. The second kappa shape index (κ2) is 12.5. The van der Waals surface area contributed by atoms with Crippen molar-refractivity contribution in [3.63, 3.8) is 0 Å². The summed E-state index contributed by atoms with van der Waals surface area (Å²) in [5.41, 5.74) is 11.5. The minimum atomic E-state index is 0. The Labute approximate surface area is 173 Å². The topological polar surface area (TPSA) is 48.9 Å². The van der Waals surface area contributed by atoms with Crippen LogP contribution in [0.2, 0.25) is 0 Å². The summed E-state index contributed by atoms with van der Waals surface area (Å²) in [4.78, 5) is 5.30. The first kappa shape index (κ1) is 25.4. The van der Waals surface area contributed by atoms with E-state index in [4.69, 9.17) is 21.9 Å². The molecule has 2 rings (SSSR count). The first-order valence-electron chi connectivity index (χ1n) is 6.86. The Morgan fingerprint density at radius 1 is 1.25 bits per heavy atom. The number of benzene rings is 1. The number of hydrogen-bond donors (Lipinski definition) is 0. The SMILES string of the molecule is CCOC1=C(Cl)C(=[N+]=[N-])CC=C1N(C)Cc1ccccc1.[Cl-].[Cl-].[Zn+2]. The molecule has 1 aromatic rings. The molecule has 4 nitrogen and oxygen atoms in total. The van der Waals surface area contributed by atoms with Crippen LogP contribution in [0.1, 0.15) is 18.9 Å². The van der Waals surface area contributed by atoms with E-state index in [2.05, 4.69) is 21.8 Å². The van der Waals surface area contributed by atoms with E-state index in [9.17, 15) is 0 Å². The van der Waals surface area contributed by atoms with Crippen LogP contribution in [0.3, 0.4) is 0 Å². The van der Waals surface area contributed by atoms with E-state index in [1.54, 1.807) is 0 Å². The van der Waals surface area contributed by atoms with Gasteiger partial charge in [0.15, 0.2) is 10.8 Å². The van der Waals surface area contributed by atoms with Gasteiger partial charge in [0.2, 0.25) is 0 Å². The molecule has 0 amide bonds. The van der Waals surface area contributed by atoms with Crippen molar-refractivity contribution in [3.05, 3.63) is 64.0 Å². The Morgan fingerprint density at radius 3 is 2.42 bits per heavy atom. The van der Waals surface area contributed by atoms with Crippen LogP contribution in [0, 0.1) is 0 Å². The van der Waals surface area contributed by atoms with Crippen LogP contribution in [0.15, 0.2) is 52.9 Å². The van der Waals surface area contributed by atoms with Crippen molar-refractivity contribution < 1.29 is 53.8 Å².